The van der Waals surface area contributed by atoms with E-state index in [1.807, 2.05) is 0 Å². The molecule has 0 unspecified atom stereocenters. The van der Waals surface area contributed by atoms with Gasteiger partial charge in [-0.05, 0) is 31.4 Å². The fourth-order valence-corrected chi connectivity index (χ4v) is 2.11. The maximum atomic E-state index is 12.3. The van der Waals surface area contributed by atoms with Crippen molar-refractivity contribution in [2.75, 3.05) is 13.2 Å². The summed E-state index contributed by atoms with van der Waals surface area (Å²) in [6.45, 7) is 0.139. The first-order valence-electron chi connectivity index (χ1n) is 6.08. The van der Waals surface area contributed by atoms with Gasteiger partial charge in [-0.1, -0.05) is 6.07 Å². The van der Waals surface area contributed by atoms with Gasteiger partial charge in [0.2, 0.25) is 0 Å². The Balaban J connectivity index is 2.24. The number of aliphatic hydroxyl groups is 1. The molecule has 98 valence electrons. The average molecular weight is 251 g/mol. The predicted octanol–water partition coefficient (Wildman–Crippen LogP) is 1.08. The lowest BCUT2D eigenvalue weighted by atomic mass is 9.91. The van der Waals surface area contributed by atoms with E-state index in [9.17, 15) is 15.0 Å². The van der Waals surface area contributed by atoms with E-state index >= 15 is 0 Å². The number of hydrogen-bond acceptors (Lipinski definition) is 4. The molecule has 1 amide bonds. The Morgan fingerprint density at radius 3 is 2.61 bits per heavy atom. The highest BCUT2D eigenvalue weighted by atomic mass is 16.3. The quantitative estimate of drug-likeness (QED) is 0.700. The first-order valence-corrected chi connectivity index (χ1v) is 6.08. The molecule has 1 aliphatic carbocycles. The number of rotatable bonds is 4. The van der Waals surface area contributed by atoms with Crippen molar-refractivity contribution in [3.63, 3.8) is 0 Å². The number of amides is 1. The highest BCUT2D eigenvalue weighted by molar-refractivity contribution is 5.97. The summed E-state index contributed by atoms with van der Waals surface area (Å²) in [5, 5.41) is 28.1. The Kier molecular flexibility index (Phi) is 3.72. The lowest BCUT2D eigenvalue weighted by Gasteiger charge is -2.37. The van der Waals surface area contributed by atoms with E-state index in [1.165, 1.54) is 18.2 Å². The molecular weight excluding hydrogens is 234 g/mol. The molecule has 0 atom stereocenters. The van der Waals surface area contributed by atoms with E-state index in [0.717, 1.165) is 19.3 Å². The summed E-state index contributed by atoms with van der Waals surface area (Å²) in [7, 11) is 0. The Labute approximate surface area is 105 Å². The van der Waals surface area contributed by atoms with Crippen LogP contribution < -0.4 is 0 Å². The molecule has 0 aliphatic heterocycles. The van der Waals surface area contributed by atoms with Gasteiger partial charge in [0.1, 0.15) is 0 Å². The van der Waals surface area contributed by atoms with E-state index in [0.29, 0.717) is 0 Å². The number of carbonyl (C=O) groups is 1. The van der Waals surface area contributed by atoms with Crippen LogP contribution in [0.3, 0.4) is 0 Å². The van der Waals surface area contributed by atoms with Gasteiger partial charge >= 0.3 is 0 Å². The summed E-state index contributed by atoms with van der Waals surface area (Å²) in [5.74, 6) is -1.05. The number of phenolic OH excluding ortho intramolecular Hbond substituents is 2. The number of carbonyl (C=O) groups excluding carboxylic acids is 1. The fourth-order valence-electron chi connectivity index (χ4n) is 2.11. The molecule has 1 fully saturated rings. The second kappa shape index (κ2) is 5.27. The maximum Gasteiger partial charge on any atom is 0.258 e. The third-order valence-corrected chi connectivity index (χ3v) is 3.36. The number of aliphatic hydroxyl groups excluding tert-OH is 1. The number of nitrogens with zero attached hydrogens (tertiary/aromatic N) is 1. The van der Waals surface area contributed by atoms with E-state index < -0.39 is 5.75 Å². The van der Waals surface area contributed by atoms with Crippen molar-refractivity contribution in [1.82, 2.24) is 4.90 Å². The van der Waals surface area contributed by atoms with Gasteiger partial charge in [-0.2, -0.15) is 0 Å². The number of benzene rings is 1. The Morgan fingerprint density at radius 1 is 1.33 bits per heavy atom. The van der Waals surface area contributed by atoms with Crippen molar-refractivity contribution in [2.24, 2.45) is 0 Å². The maximum absolute atomic E-state index is 12.3. The molecule has 0 aromatic heterocycles. The van der Waals surface area contributed by atoms with Gasteiger partial charge in [0.15, 0.2) is 11.5 Å². The molecule has 1 aromatic carbocycles. The number of phenols is 2. The molecule has 1 saturated carbocycles. The molecule has 0 heterocycles. The average Bonchev–Trinajstić information content (AvgIpc) is 2.29. The Bertz CT molecular complexity index is 443. The van der Waals surface area contributed by atoms with Crippen LogP contribution in [0.25, 0.3) is 0 Å². The fraction of sp³-hybridized carbons (Fsp3) is 0.462. The van der Waals surface area contributed by atoms with Crippen LogP contribution in [0.5, 0.6) is 11.5 Å². The number of hydrogen-bond donors (Lipinski definition) is 3. The highest BCUT2D eigenvalue weighted by Crippen LogP contribution is 2.32. The lowest BCUT2D eigenvalue weighted by Crippen LogP contribution is -2.45. The smallest absolute Gasteiger partial charge is 0.258 e. The molecule has 5 heteroatoms. The topological polar surface area (TPSA) is 81.0 Å². The van der Waals surface area contributed by atoms with Gasteiger partial charge in [0, 0.05) is 12.6 Å². The van der Waals surface area contributed by atoms with Crippen LogP contribution in [-0.4, -0.2) is 45.3 Å². The molecule has 1 aliphatic rings. The molecule has 2 rings (SSSR count). The van der Waals surface area contributed by atoms with E-state index in [4.69, 9.17) is 5.11 Å². The summed E-state index contributed by atoms with van der Waals surface area (Å²) in [6, 6.07) is 4.44. The van der Waals surface area contributed by atoms with Crippen molar-refractivity contribution in [3.8, 4) is 11.5 Å². The molecular formula is C13H17NO4. The monoisotopic (exact) mass is 251 g/mol. The van der Waals surface area contributed by atoms with Crippen LogP contribution in [0.15, 0.2) is 18.2 Å². The molecule has 5 nitrogen and oxygen atoms in total. The van der Waals surface area contributed by atoms with E-state index in [-0.39, 0.29) is 36.4 Å². The standard InChI is InChI=1S/C13H17NO4/c15-8-7-14(9-3-1-4-9)13(18)10-5-2-6-11(16)12(10)17/h2,5-6,9,15-17H,1,3-4,7-8H2. The predicted molar refractivity (Wildman–Crippen MR) is 65.5 cm³/mol. The highest BCUT2D eigenvalue weighted by Gasteiger charge is 2.30. The van der Waals surface area contributed by atoms with Crippen molar-refractivity contribution in [3.05, 3.63) is 23.8 Å². The van der Waals surface area contributed by atoms with Crippen molar-refractivity contribution >= 4 is 5.91 Å². The zero-order chi connectivity index (χ0) is 13.1. The van der Waals surface area contributed by atoms with Crippen LogP contribution >= 0.6 is 0 Å². The number of aromatic hydroxyl groups is 2. The van der Waals surface area contributed by atoms with Crippen molar-refractivity contribution in [1.29, 1.82) is 0 Å². The lowest BCUT2D eigenvalue weighted by molar-refractivity contribution is 0.0522. The molecule has 1 aromatic rings. The van der Waals surface area contributed by atoms with Crippen LogP contribution in [0.1, 0.15) is 29.6 Å². The van der Waals surface area contributed by atoms with Gasteiger partial charge < -0.3 is 20.2 Å². The molecule has 0 saturated heterocycles. The van der Waals surface area contributed by atoms with E-state index in [2.05, 4.69) is 0 Å². The minimum absolute atomic E-state index is 0.0790. The van der Waals surface area contributed by atoms with Crippen LogP contribution in [0.2, 0.25) is 0 Å². The zero-order valence-corrected chi connectivity index (χ0v) is 10.0. The third kappa shape index (κ3) is 2.26. The summed E-state index contributed by atoms with van der Waals surface area (Å²) in [5.41, 5.74) is 0.0790. The van der Waals surface area contributed by atoms with Gasteiger partial charge in [-0.25, -0.2) is 0 Å². The van der Waals surface area contributed by atoms with Crippen LogP contribution in [0.4, 0.5) is 0 Å². The molecule has 0 bridgehead atoms. The summed E-state index contributed by atoms with van der Waals surface area (Å²) in [4.78, 5) is 13.9. The molecule has 18 heavy (non-hydrogen) atoms. The normalized spacial score (nSPS) is 15.2. The third-order valence-electron chi connectivity index (χ3n) is 3.36. The minimum atomic E-state index is -0.398. The summed E-state index contributed by atoms with van der Waals surface area (Å²) >= 11 is 0. The molecule has 3 N–H and O–H groups in total. The van der Waals surface area contributed by atoms with Crippen LogP contribution in [0, 0.1) is 0 Å². The van der Waals surface area contributed by atoms with Gasteiger partial charge in [0.05, 0.1) is 12.2 Å². The van der Waals surface area contributed by atoms with Crippen molar-refractivity contribution < 1.29 is 20.1 Å². The Morgan fingerprint density at radius 2 is 2.06 bits per heavy atom. The first kappa shape index (κ1) is 12.7. The first-order chi connectivity index (χ1) is 8.65. The molecule has 0 spiro atoms. The zero-order valence-electron chi connectivity index (χ0n) is 10.0. The Hall–Kier alpha value is -1.75. The van der Waals surface area contributed by atoms with E-state index in [1.54, 1.807) is 4.90 Å². The molecule has 0 radical (unpaired) electrons. The summed E-state index contributed by atoms with van der Waals surface area (Å²) < 4.78 is 0. The largest absolute Gasteiger partial charge is 0.504 e. The van der Waals surface area contributed by atoms with Crippen molar-refractivity contribution in [2.45, 2.75) is 25.3 Å². The van der Waals surface area contributed by atoms with Gasteiger partial charge in [-0.15, -0.1) is 0 Å². The van der Waals surface area contributed by atoms with Gasteiger partial charge in [0.25, 0.3) is 5.91 Å². The summed E-state index contributed by atoms with van der Waals surface area (Å²) in [6.07, 6.45) is 2.92. The minimum Gasteiger partial charge on any atom is -0.504 e. The van der Waals surface area contributed by atoms with Gasteiger partial charge in [-0.3, -0.25) is 4.79 Å². The second-order valence-electron chi connectivity index (χ2n) is 4.48. The second-order valence-corrected chi connectivity index (χ2v) is 4.48. The van der Waals surface area contributed by atoms with Crippen LogP contribution in [-0.2, 0) is 0 Å². The number of para-hydroxylation sites is 1. The SMILES string of the molecule is O=C(c1cccc(O)c1O)N(CCO)C1CCC1.